The van der Waals surface area contributed by atoms with E-state index < -0.39 is 29.0 Å². The second-order valence-electron chi connectivity index (χ2n) is 15.7. The lowest BCUT2D eigenvalue weighted by Crippen LogP contribution is -2.12. The molecule has 0 fully saturated rings. The molecule has 0 unspecified atom stereocenters. The third kappa shape index (κ3) is 8.02. The van der Waals surface area contributed by atoms with Crippen LogP contribution in [0.25, 0.3) is 95.0 Å². The molecule has 10 rings (SSSR count). The van der Waals surface area contributed by atoms with Crippen LogP contribution in [0.1, 0.15) is 22.3 Å². The van der Waals surface area contributed by atoms with Crippen molar-refractivity contribution in [3.8, 4) is 85.4 Å². The molecule has 12 heteroatoms. The number of benzene rings is 8. The SMILES string of the molecule is N#Cc1ccc(-c2ccc3c4ccc(-c5ccc(C#N)cc5)cc4n(-c4ccc(-c5ccc(C(F)(F)F)cc5C(F)(F)F)c(-c5nc(-c6ccccc6)nc(-c6ccccc6)n5)c4)c3c2)cc1. The Morgan fingerprint density at radius 3 is 1.31 bits per heavy atom. The van der Waals surface area contributed by atoms with E-state index >= 15 is 13.2 Å². The molecule has 0 bridgehead atoms. The Morgan fingerprint density at radius 1 is 0.388 bits per heavy atom. The second kappa shape index (κ2) is 16.6. The summed E-state index contributed by atoms with van der Waals surface area (Å²) in [6.45, 7) is 0. The highest BCUT2D eigenvalue weighted by Crippen LogP contribution is 2.45. The summed E-state index contributed by atoms with van der Waals surface area (Å²) in [5.41, 5.74) is 4.04. The van der Waals surface area contributed by atoms with E-state index in [2.05, 4.69) is 12.1 Å². The van der Waals surface area contributed by atoms with Gasteiger partial charge in [0.15, 0.2) is 17.5 Å². The van der Waals surface area contributed by atoms with Crippen LogP contribution in [0.4, 0.5) is 26.3 Å². The lowest BCUT2D eigenvalue weighted by Gasteiger charge is -2.20. The van der Waals surface area contributed by atoms with Crippen LogP contribution in [0.2, 0.25) is 0 Å². The monoisotopic (exact) mass is 888 g/mol. The molecule has 67 heavy (non-hydrogen) atoms. The van der Waals surface area contributed by atoms with Crippen LogP contribution in [0, 0.1) is 22.7 Å². The highest BCUT2D eigenvalue weighted by Gasteiger charge is 2.39. The van der Waals surface area contributed by atoms with Crippen molar-refractivity contribution < 1.29 is 26.3 Å². The standard InChI is InChI=1S/C55H30F6N6/c56-54(57,58)41-21-25-44(48(29-41)55(59,60)61)43-26-22-42(30-47(43)53-65-51(37-7-3-1-4-8-37)64-52(66-53)38-9-5-2-6-10-38)67-49-27-39(35-15-11-33(31-62)12-16-35)19-23-45(49)46-24-20-40(28-50(46)67)36-17-13-34(32-63)14-18-36/h1-30H. The number of fused-ring (bicyclic) bond motifs is 3. The van der Waals surface area contributed by atoms with Crippen LogP contribution in [0.5, 0.6) is 0 Å². The fraction of sp³-hybridized carbons (Fsp3) is 0.0364. The molecule has 0 aliphatic carbocycles. The molecule has 0 radical (unpaired) electrons. The van der Waals surface area contributed by atoms with E-state index in [9.17, 15) is 23.7 Å². The van der Waals surface area contributed by atoms with Crippen LogP contribution >= 0.6 is 0 Å². The molecule has 2 aromatic heterocycles. The molecule has 8 aromatic carbocycles. The minimum absolute atomic E-state index is 0.0186. The molecule has 0 N–H and O–H groups in total. The molecular formula is C55H30F6N6. The number of nitriles is 2. The first-order valence-electron chi connectivity index (χ1n) is 20.8. The highest BCUT2D eigenvalue weighted by atomic mass is 19.4. The first kappa shape index (κ1) is 42.1. The van der Waals surface area contributed by atoms with Crippen molar-refractivity contribution in [3.63, 3.8) is 0 Å². The predicted molar refractivity (Wildman–Crippen MR) is 246 cm³/mol. The van der Waals surface area contributed by atoms with Gasteiger partial charge in [-0.05, 0) is 94.0 Å². The summed E-state index contributed by atoms with van der Waals surface area (Å²) >= 11 is 0. The zero-order valence-corrected chi connectivity index (χ0v) is 34.8. The number of alkyl halides is 6. The third-order valence-corrected chi connectivity index (χ3v) is 11.6. The van der Waals surface area contributed by atoms with E-state index in [-0.39, 0.29) is 34.7 Å². The number of aromatic nitrogens is 4. The van der Waals surface area contributed by atoms with E-state index in [1.165, 1.54) is 6.07 Å². The Labute approximate surface area is 379 Å². The van der Waals surface area contributed by atoms with Crippen molar-refractivity contribution in [3.05, 3.63) is 204 Å². The third-order valence-electron chi connectivity index (χ3n) is 11.6. The molecule has 0 saturated carbocycles. The van der Waals surface area contributed by atoms with Gasteiger partial charge in [0.05, 0.1) is 45.4 Å². The Balaban J connectivity index is 1.29. The molecule has 2 heterocycles. The quantitative estimate of drug-likeness (QED) is 0.149. The number of hydrogen-bond acceptors (Lipinski definition) is 5. The molecule has 0 amide bonds. The molecule has 0 saturated heterocycles. The maximum Gasteiger partial charge on any atom is 0.417 e. The maximum absolute atomic E-state index is 15.1. The zero-order valence-electron chi connectivity index (χ0n) is 34.8. The Kier molecular flexibility index (Phi) is 10.4. The fourth-order valence-electron chi connectivity index (χ4n) is 8.34. The van der Waals surface area contributed by atoms with E-state index in [4.69, 9.17) is 15.0 Å². The summed E-state index contributed by atoms with van der Waals surface area (Å²) in [7, 11) is 0. The summed E-state index contributed by atoms with van der Waals surface area (Å²) in [6, 6.07) is 54.8. The van der Waals surface area contributed by atoms with E-state index in [0.717, 1.165) is 50.1 Å². The van der Waals surface area contributed by atoms with Crippen molar-refractivity contribution >= 4 is 21.8 Å². The normalized spacial score (nSPS) is 11.7. The predicted octanol–water partition coefficient (Wildman–Crippen LogP) is 14.8. The molecule has 6 nitrogen and oxygen atoms in total. The molecule has 0 aliphatic heterocycles. The van der Waals surface area contributed by atoms with Crippen molar-refractivity contribution in [2.45, 2.75) is 12.4 Å². The van der Waals surface area contributed by atoms with Gasteiger partial charge in [-0.1, -0.05) is 121 Å². The molecule has 0 spiro atoms. The van der Waals surface area contributed by atoms with Crippen molar-refractivity contribution in [1.82, 2.24) is 19.5 Å². The zero-order chi connectivity index (χ0) is 46.5. The van der Waals surface area contributed by atoms with Gasteiger partial charge in [0.1, 0.15) is 0 Å². The average molecular weight is 889 g/mol. The first-order chi connectivity index (χ1) is 32.4. The van der Waals surface area contributed by atoms with Gasteiger partial charge in [0.2, 0.25) is 0 Å². The average Bonchev–Trinajstić information content (AvgIpc) is 3.69. The Morgan fingerprint density at radius 2 is 0.851 bits per heavy atom. The van der Waals surface area contributed by atoms with Crippen LogP contribution in [0.3, 0.4) is 0 Å². The van der Waals surface area contributed by atoms with Gasteiger partial charge in [0, 0.05) is 33.2 Å². The van der Waals surface area contributed by atoms with E-state index in [1.54, 1.807) is 84.9 Å². The van der Waals surface area contributed by atoms with E-state index in [1.807, 2.05) is 77.4 Å². The Hall–Kier alpha value is -8.87. The molecule has 0 atom stereocenters. The smallest absolute Gasteiger partial charge is 0.309 e. The molecular weight excluding hydrogens is 859 g/mol. The molecule has 322 valence electrons. The summed E-state index contributed by atoms with van der Waals surface area (Å²) in [4.78, 5) is 14.5. The van der Waals surface area contributed by atoms with Gasteiger partial charge in [0.25, 0.3) is 0 Å². The van der Waals surface area contributed by atoms with Gasteiger partial charge < -0.3 is 4.57 Å². The largest absolute Gasteiger partial charge is 0.417 e. The summed E-state index contributed by atoms with van der Waals surface area (Å²) < 4.78 is 89.2. The number of rotatable bonds is 7. The summed E-state index contributed by atoms with van der Waals surface area (Å²) in [5, 5.41) is 20.7. The number of halogens is 6. The van der Waals surface area contributed by atoms with Gasteiger partial charge in [-0.15, -0.1) is 0 Å². The van der Waals surface area contributed by atoms with Gasteiger partial charge in [-0.25, -0.2) is 15.0 Å². The van der Waals surface area contributed by atoms with Crippen LogP contribution < -0.4 is 0 Å². The molecule has 0 aliphatic rings. The van der Waals surface area contributed by atoms with Crippen LogP contribution in [-0.2, 0) is 12.4 Å². The second-order valence-corrected chi connectivity index (χ2v) is 15.7. The highest BCUT2D eigenvalue weighted by molar-refractivity contribution is 6.11. The lowest BCUT2D eigenvalue weighted by molar-refractivity contribution is -0.142. The minimum atomic E-state index is -5.19. The van der Waals surface area contributed by atoms with E-state index in [0.29, 0.717) is 34.0 Å². The maximum atomic E-state index is 15.1. The summed E-state index contributed by atoms with van der Waals surface area (Å²) in [6.07, 6.45) is -10.2. The minimum Gasteiger partial charge on any atom is -0.309 e. The number of hydrogen-bond donors (Lipinski definition) is 0. The fourth-order valence-corrected chi connectivity index (χ4v) is 8.34. The van der Waals surface area contributed by atoms with Gasteiger partial charge in [-0.3, -0.25) is 0 Å². The van der Waals surface area contributed by atoms with Crippen LogP contribution in [0.15, 0.2) is 182 Å². The first-order valence-corrected chi connectivity index (χ1v) is 20.8. The van der Waals surface area contributed by atoms with Crippen molar-refractivity contribution in [2.75, 3.05) is 0 Å². The van der Waals surface area contributed by atoms with Gasteiger partial charge >= 0.3 is 12.4 Å². The van der Waals surface area contributed by atoms with Crippen molar-refractivity contribution in [1.29, 1.82) is 10.5 Å². The summed E-state index contributed by atoms with van der Waals surface area (Å²) in [5.74, 6) is 0.426. The van der Waals surface area contributed by atoms with Gasteiger partial charge in [-0.2, -0.15) is 36.9 Å². The topological polar surface area (TPSA) is 91.2 Å². The van der Waals surface area contributed by atoms with Crippen LogP contribution in [-0.4, -0.2) is 19.5 Å². The number of nitrogens with zero attached hydrogens (tertiary/aromatic N) is 6. The Bertz CT molecular complexity index is 3430. The van der Waals surface area contributed by atoms with Crippen molar-refractivity contribution in [2.24, 2.45) is 0 Å². The lowest BCUT2D eigenvalue weighted by atomic mass is 9.92. The molecule has 10 aromatic rings.